The molecule has 0 radical (unpaired) electrons. The lowest BCUT2D eigenvalue weighted by molar-refractivity contribution is -0.121. The van der Waals surface area contributed by atoms with Gasteiger partial charge in [0.25, 0.3) is 0 Å². The first-order valence-corrected chi connectivity index (χ1v) is 11.0. The molecule has 8 heteroatoms. The minimum atomic E-state index is -0.287. The quantitative estimate of drug-likeness (QED) is 0.698. The normalized spacial score (nSPS) is 16.0. The maximum Gasteiger partial charge on any atom is 0.233 e. The van der Waals surface area contributed by atoms with Gasteiger partial charge in [0, 0.05) is 18.6 Å². The fraction of sp³-hybridized carbons (Fsp3) is 0.571. The summed E-state index contributed by atoms with van der Waals surface area (Å²) in [6.07, 6.45) is 0.872. The van der Waals surface area contributed by atoms with Crippen molar-refractivity contribution in [2.45, 2.75) is 57.0 Å². The first kappa shape index (κ1) is 21.6. The Morgan fingerprint density at radius 1 is 1.28 bits per heavy atom. The number of benzene rings is 1. The molecular formula is C21H31N5O2S. The van der Waals surface area contributed by atoms with Crippen LogP contribution in [-0.2, 0) is 9.53 Å². The third kappa shape index (κ3) is 5.11. The van der Waals surface area contributed by atoms with Crippen molar-refractivity contribution in [3.05, 3.63) is 29.8 Å². The first-order chi connectivity index (χ1) is 13.8. The number of amides is 1. The lowest BCUT2D eigenvalue weighted by Gasteiger charge is -2.28. The summed E-state index contributed by atoms with van der Waals surface area (Å²) < 4.78 is 7.56. The van der Waals surface area contributed by atoms with Crippen molar-refractivity contribution in [2.75, 3.05) is 31.2 Å². The van der Waals surface area contributed by atoms with Gasteiger partial charge in [0.1, 0.15) is 0 Å². The van der Waals surface area contributed by atoms with Crippen LogP contribution in [0.1, 0.15) is 39.7 Å². The van der Waals surface area contributed by atoms with Crippen LogP contribution in [0.15, 0.2) is 29.4 Å². The molecule has 1 aromatic carbocycles. The Labute approximate surface area is 177 Å². The lowest BCUT2D eigenvalue weighted by Crippen LogP contribution is -2.46. The van der Waals surface area contributed by atoms with Gasteiger partial charge in [-0.3, -0.25) is 9.36 Å². The number of nitrogens with one attached hydrogen (secondary N) is 1. The van der Waals surface area contributed by atoms with Gasteiger partial charge in [-0.2, -0.15) is 0 Å². The van der Waals surface area contributed by atoms with Crippen LogP contribution in [0.3, 0.4) is 0 Å². The van der Waals surface area contributed by atoms with Crippen LogP contribution in [0.5, 0.6) is 0 Å². The number of carbonyl (C=O) groups is 1. The predicted molar refractivity (Wildman–Crippen MR) is 117 cm³/mol. The summed E-state index contributed by atoms with van der Waals surface area (Å²) in [6, 6.07) is 8.18. The van der Waals surface area contributed by atoms with Gasteiger partial charge in [-0.05, 0) is 45.7 Å². The second-order valence-corrected chi connectivity index (χ2v) is 9.30. The molecule has 2 heterocycles. The van der Waals surface area contributed by atoms with Gasteiger partial charge in [-0.15, -0.1) is 10.2 Å². The highest BCUT2D eigenvalue weighted by Gasteiger charge is 2.27. The molecule has 0 aliphatic carbocycles. The highest BCUT2D eigenvalue weighted by molar-refractivity contribution is 8.00. The summed E-state index contributed by atoms with van der Waals surface area (Å²) in [5.74, 6) is 0.806. The molecule has 1 aliphatic heterocycles. The third-order valence-electron chi connectivity index (χ3n) is 5.26. The number of morpholine rings is 1. The summed E-state index contributed by atoms with van der Waals surface area (Å²) in [6.45, 7) is 13.0. The van der Waals surface area contributed by atoms with E-state index in [9.17, 15) is 4.79 Å². The van der Waals surface area contributed by atoms with Gasteiger partial charge in [0.2, 0.25) is 11.9 Å². The third-order valence-corrected chi connectivity index (χ3v) is 6.31. The van der Waals surface area contributed by atoms with E-state index in [-0.39, 0.29) is 16.7 Å². The van der Waals surface area contributed by atoms with Crippen LogP contribution >= 0.6 is 11.8 Å². The first-order valence-electron chi connectivity index (χ1n) is 10.1. The molecule has 158 valence electrons. The molecule has 1 aliphatic rings. The van der Waals surface area contributed by atoms with E-state index in [1.165, 1.54) is 11.8 Å². The number of para-hydroxylation sites is 1. The van der Waals surface area contributed by atoms with Gasteiger partial charge in [0.15, 0.2) is 5.16 Å². The number of ether oxygens (including phenoxy) is 1. The SMILES string of the molecule is CCC(C)(C)NC(=O)C(C)Sc1nnc(N2CCOCC2)n1-c1ccccc1C. The molecule has 0 spiro atoms. The Bertz CT molecular complexity index is 845. The molecule has 2 aromatic rings. The van der Waals surface area contributed by atoms with E-state index >= 15 is 0 Å². The highest BCUT2D eigenvalue weighted by Crippen LogP contribution is 2.31. The zero-order valence-electron chi connectivity index (χ0n) is 17.9. The second kappa shape index (κ2) is 9.17. The molecule has 0 saturated carbocycles. The molecule has 3 rings (SSSR count). The Balaban J connectivity index is 1.91. The number of anilines is 1. The van der Waals surface area contributed by atoms with Gasteiger partial charge >= 0.3 is 0 Å². The number of aryl methyl sites for hydroxylation is 1. The summed E-state index contributed by atoms with van der Waals surface area (Å²) >= 11 is 1.44. The molecule has 7 nitrogen and oxygen atoms in total. The lowest BCUT2D eigenvalue weighted by atomic mass is 10.0. The highest BCUT2D eigenvalue weighted by atomic mass is 32.2. The maximum atomic E-state index is 12.7. The van der Waals surface area contributed by atoms with E-state index in [1.54, 1.807) is 0 Å². The van der Waals surface area contributed by atoms with Gasteiger partial charge in [-0.25, -0.2) is 0 Å². The molecule has 1 N–H and O–H groups in total. The molecule has 1 aromatic heterocycles. The second-order valence-electron chi connectivity index (χ2n) is 7.99. The zero-order valence-corrected chi connectivity index (χ0v) is 18.8. The van der Waals surface area contributed by atoms with Crippen molar-refractivity contribution >= 4 is 23.6 Å². The van der Waals surface area contributed by atoms with Crippen molar-refractivity contribution in [3.8, 4) is 5.69 Å². The van der Waals surface area contributed by atoms with E-state index in [0.29, 0.717) is 13.2 Å². The largest absolute Gasteiger partial charge is 0.378 e. The summed E-state index contributed by atoms with van der Waals surface area (Å²) in [7, 11) is 0. The van der Waals surface area contributed by atoms with Crippen molar-refractivity contribution < 1.29 is 9.53 Å². The minimum absolute atomic E-state index is 0.00843. The van der Waals surface area contributed by atoms with Crippen LogP contribution in [0.2, 0.25) is 0 Å². The van der Waals surface area contributed by atoms with E-state index in [1.807, 2.05) is 32.9 Å². The van der Waals surface area contributed by atoms with E-state index < -0.39 is 0 Å². The maximum absolute atomic E-state index is 12.7. The Hall–Kier alpha value is -2.06. The average molecular weight is 418 g/mol. The molecule has 29 heavy (non-hydrogen) atoms. The van der Waals surface area contributed by atoms with Crippen molar-refractivity contribution in [3.63, 3.8) is 0 Å². The van der Waals surface area contributed by atoms with Crippen molar-refractivity contribution in [2.24, 2.45) is 0 Å². The van der Waals surface area contributed by atoms with E-state index in [2.05, 4.69) is 51.0 Å². The number of carbonyl (C=O) groups excluding carboxylic acids is 1. The van der Waals surface area contributed by atoms with Gasteiger partial charge in [0.05, 0.1) is 24.2 Å². The molecule has 1 fully saturated rings. The predicted octanol–water partition coefficient (Wildman–Crippen LogP) is 3.20. The number of aromatic nitrogens is 3. The van der Waals surface area contributed by atoms with Crippen LogP contribution < -0.4 is 10.2 Å². The fourth-order valence-corrected chi connectivity index (χ4v) is 3.92. The smallest absolute Gasteiger partial charge is 0.233 e. The van der Waals surface area contributed by atoms with E-state index in [0.717, 1.165) is 41.9 Å². The molecule has 1 unspecified atom stereocenters. The average Bonchev–Trinajstić information content (AvgIpc) is 3.12. The van der Waals surface area contributed by atoms with Crippen LogP contribution in [-0.4, -0.2) is 57.8 Å². The summed E-state index contributed by atoms with van der Waals surface area (Å²) in [4.78, 5) is 14.9. The van der Waals surface area contributed by atoms with Crippen molar-refractivity contribution in [1.82, 2.24) is 20.1 Å². The zero-order chi connectivity index (χ0) is 21.0. The monoisotopic (exact) mass is 417 g/mol. The Morgan fingerprint density at radius 2 is 1.97 bits per heavy atom. The number of thioether (sulfide) groups is 1. The minimum Gasteiger partial charge on any atom is -0.378 e. The fourth-order valence-electron chi connectivity index (χ4n) is 3.07. The standard InChI is InChI=1S/C21H31N5O2S/c1-6-21(4,5)22-18(27)16(3)29-20-24-23-19(25-11-13-28-14-12-25)26(20)17-10-8-7-9-15(17)2/h7-10,16H,6,11-14H2,1-5H3,(H,22,27). The number of hydrogen-bond acceptors (Lipinski definition) is 6. The van der Waals surface area contributed by atoms with Crippen molar-refractivity contribution in [1.29, 1.82) is 0 Å². The number of nitrogens with zero attached hydrogens (tertiary/aromatic N) is 4. The van der Waals surface area contributed by atoms with Crippen LogP contribution in [0.25, 0.3) is 5.69 Å². The molecule has 1 saturated heterocycles. The molecule has 0 bridgehead atoms. The summed E-state index contributed by atoms with van der Waals surface area (Å²) in [5.41, 5.74) is 1.94. The van der Waals surface area contributed by atoms with E-state index in [4.69, 9.17) is 4.74 Å². The van der Waals surface area contributed by atoms with Gasteiger partial charge in [-0.1, -0.05) is 36.9 Å². The van der Waals surface area contributed by atoms with Gasteiger partial charge < -0.3 is 15.0 Å². The Kier molecular flexibility index (Phi) is 6.85. The number of hydrogen-bond donors (Lipinski definition) is 1. The van der Waals surface area contributed by atoms with Crippen LogP contribution in [0.4, 0.5) is 5.95 Å². The molecule has 1 atom stereocenters. The topological polar surface area (TPSA) is 72.3 Å². The van der Waals surface area contributed by atoms with Crippen LogP contribution in [0, 0.1) is 6.92 Å². The Morgan fingerprint density at radius 3 is 2.62 bits per heavy atom. The summed E-state index contributed by atoms with van der Waals surface area (Å²) in [5, 5.41) is 12.5. The number of rotatable bonds is 7. The molecule has 1 amide bonds. The molecular weight excluding hydrogens is 386 g/mol.